The maximum atomic E-state index is 13.0. The summed E-state index contributed by atoms with van der Waals surface area (Å²) >= 11 is 0. The molecular weight excluding hydrogens is 325 g/mol. The highest BCUT2D eigenvalue weighted by Gasteiger charge is 2.38. The molecule has 22 heavy (non-hydrogen) atoms. The van der Waals surface area contributed by atoms with Crippen molar-refractivity contribution < 1.29 is 31.5 Å². The van der Waals surface area contributed by atoms with E-state index in [2.05, 4.69) is 5.32 Å². The number of hydrogen-bond acceptors (Lipinski definition) is 4. The van der Waals surface area contributed by atoms with E-state index < -0.39 is 38.2 Å². The predicted octanol–water partition coefficient (Wildman–Crippen LogP) is 1.87. The third-order valence-electron chi connectivity index (χ3n) is 3.24. The molecule has 0 saturated heterocycles. The molecule has 1 fully saturated rings. The lowest BCUT2D eigenvalue weighted by Crippen LogP contribution is -2.21. The van der Waals surface area contributed by atoms with Crippen molar-refractivity contribution in [3.63, 3.8) is 0 Å². The van der Waals surface area contributed by atoms with Crippen LogP contribution in [0.3, 0.4) is 0 Å². The van der Waals surface area contributed by atoms with Crippen LogP contribution in [-0.2, 0) is 16.2 Å². The summed E-state index contributed by atoms with van der Waals surface area (Å²) in [6, 6.07) is 0.918. The molecule has 6 nitrogen and oxygen atoms in total. The number of nitrogens with one attached hydrogen (secondary N) is 1. The van der Waals surface area contributed by atoms with E-state index in [1.165, 1.54) is 0 Å². The normalized spacial score (nSPS) is 15.6. The number of carboxylic acid groups (broad SMARTS) is 1. The fourth-order valence-corrected chi connectivity index (χ4v) is 2.70. The van der Waals surface area contributed by atoms with Gasteiger partial charge in [-0.3, -0.25) is 0 Å². The van der Waals surface area contributed by atoms with Gasteiger partial charge in [-0.25, -0.2) is 18.4 Å². The predicted molar refractivity (Wildman–Crippen MR) is 71.0 cm³/mol. The summed E-state index contributed by atoms with van der Waals surface area (Å²) in [5.74, 6) is -1.26. The van der Waals surface area contributed by atoms with Gasteiger partial charge >= 0.3 is 12.1 Å². The lowest BCUT2D eigenvalue weighted by molar-refractivity contribution is -0.139. The summed E-state index contributed by atoms with van der Waals surface area (Å²) in [5, 5.41) is 16.5. The zero-order valence-corrected chi connectivity index (χ0v) is 12.0. The molecule has 122 valence electrons. The second-order valence-corrected chi connectivity index (χ2v) is 6.60. The van der Waals surface area contributed by atoms with Crippen molar-refractivity contribution >= 4 is 21.7 Å². The Morgan fingerprint density at radius 2 is 1.95 bits per heavy atom. The second-order valence-electron chi connectivity index (χ2n) is 5.07. The highest BCUT2D eigenvalue weighted by atomic mass is 32.2. The van der Waals surface area contributed by atoms with Crippen molar-refractivity contribution in [3.05, 3.63) is 23.3 Å². The Labute approximate surface area is 124 Å². The van der Waals surface area contributed by atoms with Gasteiger partial charge in [-0.15, -0.1) is 0 Å². The fraction of sp³-hybridized carbons (Fsp3) is 0.417. The number of carbonyl (C=O) groups is 1. The van der Waals surface area contributed by atoms with Gasteiger partial charge in [0.15, 0.2) is 0 Å². The van der Waals surface area contributed by atoms with Crippen LogP contribution in [0.15, 0.2) is 17.0 Å². The summed E-state index contributed by atoms with van der Waals surface area (Å²) in [6.07, 6.45) is -3.15. The van der Waals surface area contributed by atoms with E-state index in [4.69, 9.17) is 10.2 Å². The van der Waals surface area contributed by atoms with Crippen molar-refractivity contribution in [2.75, 3.05) is 11.9 Å². The topological polar surface area (TPSA) is 109 Å². The van der Waals surface area contributed by atoms with Crippen LogP contribution in [0, 0.1) is 5.92 Å². The van der Waals surface area contributed by atoms with E-state index in [9.17, 15) is 26.4 Å². The van der Waals surface area contributed by atoms with E-state index in [1.807, 2.05) is 0 Å². The van der Waals surface area contributed by atoms with Gasteiger partial charge in [0.1, 0.15) is 0 Å². The first kappa shape index (κ1) is 16.6. The van der Waals surface area contributed by atoms with E-state index in [0.29, 0.717) is 18.7 Å². The van der Waals surface area contributed by atoms with Gasteiger partial charge in [0.05, 0.1) is 16.0 Å². The maximum absolute atomic E-state index is 13.0. The first-order chi connectivity index (χ1) is 10.00. The molecule has 10 heteroatoms. The molecule has 0 spiro atoms. The molecule has 1 aliphatic rings. The quantitative estimate of drug-likeness (QED) is 0.759. The molecule has 0 heterocycles. The van der Waals surface area contributed by atoms with E-state index in [1.54, 1.807) is 0 Å². The minimum Gasteiger partial charge on any atom is -0.478 e. The average Bonchev–Trinajstić information content (AvgIpc) is 3.16. The molecule has 0 amide bonds. The van der Waals surface area contributed by atoms with Gasteiger partial charge in [0, 0.05) is 12.2 Å². The van der Waals surface area contributed by atoms with Gasteiger partial charge in [-0.05, 0) is 30.9 Å². The average molecular weight is 338 g/mol. The van der Waals surface area contributed by atoms with Crippen molar-refractivity contribution in [2.24, 2.45) is 11.1 Å². The maximum Gasteiger partial charge on any atom is 0.417 e. The van der Waals surface area contributed by atoms with Crippen molar-refractivity contribution in [2.45, 2.75) is 23.9 Å². The number of benzene rings is 1. The lowest BCUT2D eigenvalue weighted by atomic mass is 10.1. The molecule has 0 bridgehead atoms. The third kappa shape index (κ3) is 3.69. The summed E-state index contributed by atoms with van der Waals surface area (Å²) in [6.45, 7) is 0.326. The molecule has 1 saturated carbocycles. The van der Waals surface area contributed by atoms with Gasteiger partial charge in [0.2, 0.25) is 10.0 Å². The minimum absolute atomic E-state index is 0.279. The first-order valence-corrected chi connectivity index (χ1v) is 7.80. The summed E-state index contributed by atoms with van der Waals surface area (Å²) in [4.78, 5) is 9.91. The standard InChI is InChI=1S/C12H13F3N2O4S/c13-12(14,15)8-4-9(17-5-6-1-2-6)7(11(18)19)3-10(8)22(16,20)21/h3-4,6,17H,1-2,5H2,(H,18,19)(H2,16,20,21). The van der Waals surface area contributed by atoms with Crippen molar-refractivity contribution in [1.29, 1.82) is 0 Å². The van der Waals surface area contributed by atoms with Gasteiger partial charge in [-0.2, -0.15) is 13.2 Å². The zero-order chi connectivity index (χ0) is 16.7. The van der Waals surface area contributed by atoms with Crippen LogP contribution >= 0.6 is 0 Å². The Morgan fingerprint density at radius 1 is 1.36 bits per heavy atom. The van der Waals surface area contributed by atoms with Gasteiger partial charge in [0.25, 0.3) is 0 Å². The van der Waals surface area contributed by atoms with Gasteiger partial charge in [-0.1, -0.05) is 0 Å². The molecule has 0 atom stereocenters. The van der Waals surface area contributed by atoms with Crippen LogP contribution in [0.4, 0.5) is 18.9 Å². The molecule has 2 rings (SSSR count). The number of hydrogen-bond donors (Lipinski definition) is 3. The van der Waals surface area contributed by atoms with Crippen LogP contribution in [0.1, 0.15) is 28.8 Å². The van der Waals surface area contributed by atoms with Gasteiger partial charge < -0.3 is 10.4 Å². The molecule has 0 unspecified atom stereocenters. The van der Waals surface area contributed by atoms with Crippen LogP contribution in [0.5, 0.6) is 0 Å². The Morgan fingerprint density at radius 3 is 2.36 bits per heavy atom. The van der Waals surface area contributed by atoms with Crippen LogP contribution < -0.4 is 10.5 Å². The number of halogens is 3. The first-order valence-electron chi connectivity index (χ1n) is 6.25. The Kier molecular flexibility index (Phi) is 4.09. The number of nitrogens with two attached hydrogens (primary N) is 1. The lowest BCUT2D eigenvalue weighted by Gasteiger charge is -2.16. The number of sulfonamides is 1. The number of aromatic carboxylic acids is 1. The van der Waals surface area contributed by atoms with E-state index in [-0.39, 0.29) is 11.6 Å². The van der Waals surface area contributed by atoms with Crippen molar-refractivity contribution in [1.82, 2.24) is 0 Å². The number of anilines is 1. The molecule has 0 aliphatic heterocycles. The highest BCUT2D eigenvalue weighted by molar-refractivity contribution is 7.89. The Hall–Kier alpha value is -1.81. The smallest absolute Gasteiger partial charge is 0.417 e. The second kappa shape index (κ2) is 5.43. The summed E-state index contributed by atoms with van der Waals surface area (Å²) in [5.41, 5.74) is -2.34. The summed E-state index contributed by atoms with van der Waals surface area (Å²) < 4.78 is 61.7. The number of alkyl halides is 3. The van der Waals surface area contributed by atoms with Crippen LogP contribution in [-0.4, -0.2) is 26.0 Å². The monoisotopic (exact) mass is 338 g/mol. The van der Waals surface area contributed by atoms with Crippen LogP contribution in [0.25, 0.3) is 0 Å². The van der Waals surface area contributed by atoms with Crippen LogP contribution in [0.2, 0.25) is 0 Å². The molecule has 1 aromatic carbocycles. The minimum atomic E-state index is -4.98. The van der Waals surface area contributed by atoms with E-state index in [0.717, 1.165) is 12.8 Å². The molecular formula is C12H13F3N2O4S. The zero-order valence-electron chi connectivity index (χ0n) is 11.1. The Balaban J connectivity index is 2.59. The molecule has 1 aromatic rings. The fourth-order valence-electron chi connectivity index (χ4n) is 1.94. The molecule has 0 radical (unpaired) electrons. The number of rotatable bonds is 5. The molecule has 0 aromatic heterocycles. The Bertz CT molecular complexity index is 712. The number of carboxylic acids is 1. The number of primary sulfonamides is 1. The van der Waals surface area contributed by atoms with Crippen molar-refractivity contribution in [3.8, 4) is 0 Å². The molecule has 1 aliphatic carbocycles. The highest BCUT2D eigenvalue weighted by Crippen LogP contribution is 2.38. The third-order valence-corrected chi connectivity index (χ3v) is 4.19. The molecule has 4 N–H and O–H groups in total. The van der Waals surface area contributed by atoms with E-state index >= 15 is 0 Å². The SMILES string of the molecule is NS(=O)(=O)c1cc(C(=O)O)c(NCC2CC2)cc1C(F)(F)F. The largest absolute Gasteiger partial charge is 0.478 e. The summed E-state index contributed by atoms with van der Waals surface area (Å²) in [7, 11) is -4.72.